The highest BCUT2D eigenvalue weighted by Crippen LogP contribution is 2.46. The zero-order valence-electron chi connectivity index (χ0n) is 22.9. The van der Waals surface area contributed by atoms with Crippen molar-refractivity contribution in [2.75, 3.05) is 31.6 Å². The fraction of sp³-hybridized carbons (Fsp3) is 0.367. The van der Waals surface area contributed by atoms with Crippen molar-refractivity contribution >= 4 is 46.6 Å². The largest absolute Gasteiger partial charge is 0.493 e. The van der Waals surface area contributed by atoms with Gasteiger partial charge in [0.05, 0.1) is 11.5 Å². The number of hydrogen-bond donors (Lipinski definition) is 3. The zero-order valence-corrected chi connectivity index (χ0v) is 24.5. The number of benzene rings is 2. The molecule has 0 aliphatic carbocycles. The predicted octanol–water partition coefficient (Wildman–Crippen LogP) is 6.68. The molecule has 3 aromatic rings. The average Bonchev–Trinajstić information content (AvgIpc) is 3.31. The summed E-state index contributed by atoms with van der Waals surface area (Å²) in [5.41, 5.74) is 3.83. The molecule has 1 fully saturated rings. The van der Waals surface area contributed by atoms with Crippen LogP contribution in [0.5, 0.6) is 11.5 Å². The fourth-order valence-corrected chi connectivity index (χ4v) is 6.22. The fourth-order valence-electron chi connectivity index (χ4n) is 4.82. The number of carbonyl (C=O) groups excluding carboxylic acids is 1. The number of nitrogens with zero attached hydrogens (tertiary/aromatic N) is 1. The SMILES string of the molecule is CCc1cccc(CC)c1NC(=O)N1CCC(COc2cccc(-c3sc(C(=O)O)c(OCC(=O)O)c3Cl)c2)CC1. The van der Waals surface area contributed by atoms with E-state index in [4.69, 9.17) is 26.2 Å². The van der Waals surface area contributed by atoms with Crippen molar-refractivity contribution in [3.05, 3.63) is 63.5 Å². The van der Waals surface area contributed by atoms with Crippen LogP contribution in [-0.2, 0) is 17.6 Å². The highest BCUT2D eigenvalue weighted by molar-refractivity contribution is 7.18. The van der Waals surface area contributed by atoms with Crippen LogP contribution in [0.3, 0.4) is 0 Å². The summed E-state index contributed by atoms with van der Waals surface area (Å²) in [7, 11) is 0. The molecule has 11 heteroatoms. The van der Waals surface area contributed by atoms with Crippen molar-refractivity contribution in [2.45, 2.75) is 39.5 Å². The number of amides is 2. The molecule has 0 spiro atoms. The number of likely N-dealkylation sites (tertiary alicyclic amines) is 1. The molecule has 2 amide bonds. The number of rotatable bonds is 11. The number of halogens is 1. The second kappa shape index (κ2) is 13.7. The molecule has 218 valence electrons. The van der Waals surface area contributed by atoms with Crippen molar-refractivity contribution < 1.29 is 34.1 Å². The molecule has 1 saturated heterocycles. The number of thiophene rings is 1. The molecule has 0 saturated carbocycles. The van der Waals surface area contributed by atoms with Crippen LogP contribution in [0.2, 0.25) is 5.02 Å². The Hall–Kier alpha value is -3.76. The minimum absolute atomic E-state index is 0.0454. The maximum atomic E-state index is 13.0. The van der Waals surface area contributed by atoms with E-state index in [1.807, 2.05) is 17.0 Å². The average molecular weight is 601 g/mol. The Kier molecular flexibility index (Phi) is 10.1. The zero-order chi connectivity index (χ0) is 29.5. The molecule has 3 N–H and O–H groups in total. The molecule has 2 heterocycles. The van der Waals surface area contributed by atoms with Crippen molar-refractivity contribution in [2.24, 2.45) is 5.92 Å². The van der Waals surface area contributed by atoms with Gasteiger partial charge in [0.1, 0.15) is 10.8 Å². The summed E-state index contributed by atoms with van der Waals surface area (Å²) in [5, 5.41) is 21.6. The summed E-state index contributed by atoms with van der Waals surface area (Å²) in [6.45, 7) is 5.22. The highest BCUT2D eigenvalue weighted by atomic mass is 35.5. The van der Waals surface area contributed by atoms with Gasteiger partial charge in [-0.05, 0) is 60.4 Å². The van der Waals surface area contributed by atoms with Gasteiger partial charge in [-0.25, -0.2) is 14.4 Å². The van der Waals surface area contributed by atoms with E-state index in [-0.39, 0.29) is 27.6 Å². The molecular formula is C30H33ClN2O7S. The van der Waals surface area contributed by atoms with E-state index in [2.05, 4.69) is 31.3 Å². The third-order valence-corrected chi connectivity index (χ3v) is 8.74. The van der Waals surface area contributed by atoms with Crippen LogP contribution >= 0.6 is 22.9 Å². The molecule has 41 heavy (non-hydrogen) atoms. The Balaban J connectivity index is 1.35. The predicted molar refractivity (Wildman–Crippen MR) is 159 cm³/mol. The Bertz CT molecular complexity index is 1390. The molecule has 1 aliphatic rings. The molecule has 1 aromatic heterocycles. The smallest absolute Gasteiger partial charge is 0.349 e. The molecule has 4 rings (SSSR count). The van der Waals surface area contributed by atoms with Gasteiger partial charge >= 0.3 is 18.0 Å². The first-order chi connectivity index (χ1) is 19.7. The number of nitrogens with one attached hydrogen (secondary N) is 1. The third kappa shape index (κ3) is 7.31. The second-order valence-electron chi connectivity index (χ2n) is 9.75. The lowest BCUT2D eigenvalue weighted by atomic mass is 9.98. The van der Waals surface area contributed by atoms with Crippen molar-refractivity contribution in [1.82, 2.24) is 4.90 Å². The van der Waals surface area contributed by atoms with Crippen molar-refractivity contribution in [3.8, 4) is 21.9 Å². The number of anilines is 1. The minimum atomic E-state index is -1.25. The van der Waals surface area contributed by atoms with E-state index in [9.17, 15) is 19.5 Å². The third-order valence-electron chi connectivity index (χ3n) is 7.06. The quantitative estimate of drug-likeness (QED) is 0.224. The number of aliphatic carboxylic acids is 1. The van der Waals surface area contributed by atoms with Gasteiger partial charge in [-0.15, -0.1) is 11.3 Å². The molecule has 0 bridgehead atoms. The normalized spacial score (nSPS) is 13.6. The molecule has 2 aromatic carbocycles. The Morgan fingerprint density at radius 3 is 2.29 bits per heavy atom. The van der Waals surface area contributed by atoms with Crippen molar-refractivity contribution in [1.29, 1.82) is 0 Å². The maximum absolute atomic E-state index is 13.0. The lowest BCUT2D eigenvalue weighted by molar-refractivity contribution is -0.139. The van der Waals surface area contributed by atoms with E-state index in [0.29, 0.717) is 35.9 Å². The summed E-state index contributed by atoms with van der Waals surface area (Å²) in [5.74, 6) is -1.78. The number of aryl methyl sites for hydroxylation is 2. The number of carboxylic acid groups (broad SMARTS) is 2. The second-order valence-corrected chi connectivity index (χ2v) is 11.1. The summed E-state index contributed by atoms with van der Waals surface area (Å²) < 4.78 is 11.2. The summed E-state index contributed by atoms with van der Waals surface area (Å²) in [6.07, 6.45) is 3.32. The number of aromatic carboxylic acids is 1. The lowest BCUT2D eigenvalue weighted by Crippen LogP contribution is -2.42. The van der Waals surface area contributed by atoms with Gasteiger partial charge in [-0.3, -0.25) is 0 Å². The van der Waals surface area contributed by atoms with Crippen LogP contribution < -0.4 is 14.8 Å². The van der Waals surface area contributed by atoms with E-state index in [0.717, 1.165) is 53.8 Å². The van der Waals surface area contributed by atoms with Crippen LogP contribution in [-0.4, -0.2) is 59.4 Å². The van der Waals surface area contributed by atoms with Crippen LogP contribution in [0, 0.1) is 5.92 Å². The van der Waals surface area contributed by atoms with Gasteiger partial charge in [0.15, 0.2) is 17.2 Å². The molecular weight excluding hydrogens is 568 g/mol. The summed E-state index contributed by atoms with van der Waals surface area (Å²) in [4.78, 5) is 37.8. The maximum Gasteiger partial charge on any atom is 0.349 e. The summed E-state index contributed by atoms with van der Waals surface area (Å²) >= 11 is 7.33. The van der Waals surface area contributed by atoms with Crippen LogP contribution in [0.1, 0.15) is 47.5 Å². The molecule has 1 aliphatic heterocycles. The van der Waals surface area contributed by atoms with E-state index in [1.165, 1.54) is 0 Å². The van der Waals surface area contributed by atoms with Gasteiger partial charge < -0.3 is 29.9 Å². The number of urea groups is 1. The molecule has 0 radical (unpaired) electrons. The van der Waals surface area contributed by atoms with E-state index in [1.54, 1.807) is 18.2 Å². The first-order valence-electron chi connectivity index (χ1n) is 13.5. The number of carboxylic acids is 2. The monoisotopic (exact) mass is 600 g/mol. The van der Waals surface area contributed by atoms with Gasteiger partial charge in [0.25, 0.3) is 0 Å². The number of ether oxygens (including phenoxy) is 2. The topological polar surface area (TPSA) is 125 Å². The van der Waals surface area contributed by atoms with Gasteiger partial charge in [-0.2, -0.15) is 0 Å². The van der Waals surface area contributed by atoms with Gasteiger partial charge in [0, 0.05) is 18.8 Å². The number of carbonyl (C=O) groups is 3. The molecule has 0 unspecified atom stereocenters. The van der Waals surface area contributed by atoms with Crippen molar-refractivity contribution in [3.63, 3.8) is 0 Å². The number of para-hydroxylation sites is 1. The Morgan fingerprint density at radius 2 is 1.68 bits per heavy atom. The van der Waals surface area contributed by atoms with Crippen LogP contribution in [0.4, 0.5) is 10.5 Å². The lowest BCUT2D eigenvalue weighted by Gasteiger charge is -2.32. The standard InChI is InChI=1S/C30H33ClN2O7S/c1-3-19-7-5-8-20(4-2)25(19)32-30(38)33-13-11-18(12-14-33)16-39-22-10-6-9-21(15-22)27-24(31)26(40-17-23(34)35)28(41-27)29(36)37/h5-10,15,18H,3-4,11-14,16-17H2,1-2H3,(H,32,38)(H,34,35)(H,36,37). The summed E-state index contributed by atoms with van der Waals surface area (Å²) in [6, 6.07) is 13.2. The van der Waals surface area contributed by atoms with Gasteiger partial charge in [0.2, 0.25) is 0 Å². The van der Waals surface area contributed by atoms with E-state index < -0.39 is 18.5 Å². The Morgan fingerprint density at radius 1 is 1.02 bits per heavy atom. The molecule has 9 nitrogen and oxygen atoms in total. The number of hydrogen-bond acceptors (Lipinski definition) is 6. The first-order valence-corrected chi connectivity index (χ1v) is 14.7. The molecule has 0 atom stereocenters. The number of piperidine rings is 1. The minimum Gasteiger partial charge on any atom is -0.493 e. The van der Waals surface area contributed by atoms with Crippen LogP contribution in [0.25, 0.3) is 10.4 Å². The van der Waals surface area contributed by atoms with E-state index >= 15 is 0 Å². The first kappa shape index (κ1) is 30.2. The van der Waals surface area contributed by atoms with Crippen LogP contribution in [0.15, 0.2) is 42.5 Å². The highest BCUT2D eigenvalue weighted by Gasteiger charge is 2.26. The Labute approximate surface area is 247 Å². The van der Waals surface area contributed by atoms with Gasteiger partial charge in [-0.1, -0.05) is 55.8 Å².